The molecule has 0 atom stereocenters. The van der Waals surface area contributed by atoms with Gasteiger partial charge in [0.05, 0.1) is 7.11 Å². The number of hydrogen-bond donors (Lipinski definition) is 3. The first-order valence-corrected chi connectivity index (χ1v) is 11.1. The predicted molar refractivity (Wildman–Crippen MR) is 115 cm³/mol. The maximum Gasteiger partial charge on any atom is 0.411 e. The Morgan fingerprint density at radius 3 is 2.23 bits per heavy atom. The van der Waals surface area contributed by atoms with Crippen LogP contribution in [0.4, 0.5) is 16.2 Å². The van der Waals surface area contributed by atoms with E-state index in [1.807, 2.05) is 0 Å². The molecule has 3 N–H and O–H groups in total. The number of methoxy groups -OCH3 is 1. The van der Waals surface area contributed by atoms with Crippen LogP contribution in [-0.2, 0) is 21.3 Å². The van der Waals surface area contributed by atoms with Gasteiger partial charge in [-0.2, -0.15) is 0 Å². The van der Waals surface area contributed by atoms with Gasteiger partial charge in [-0.05, 0) is 53.4 Å². The maximum atomic E-state index is 12.3. The summed E-state index contributed by atoms with van der Waals surface area (Å²) in [4.78, 5) is 23.5. The highest BCUT2D eigenvalue weighted by Crippen LogP contribution is 2.20. The summed E-state index contributed by atoms with van der Waals surface area (Å²) < 4.78 is 31.7. The number of benzene rings is 2. The van der Waals surface area contributed by atoms with Crippen LogP contribution >= 0.6 is 11.3 Å². The molecule has 0 bridgehead atoms. The molecule has 2 aromatic carbocycles. The molecule has 30 heavy (non-hydrogen) atoms. The van der Waals surface area contributed by atoms with Gasteiger partial charge in [0.1, 0.15) is 4.21 Å². The molecule has 10 heteroatoms. The Bertz CT molecular complexity index is 1110. The highest BCUT2D eigenvalue weighted by molar-refractivity contribution is 7.94. The normalized spacial score (nSPS) is 10.8. The fourth-order valence-electron chi connectivity index (χ4n) is 2.47. The van der Waals surface area contributed by atoms with Crippen LogP contribution in [0.25, 0.3) is 0 Å². The van der Waals surface area contributed by atoms with E-state index in [0.717, 1.165) is 16.9 Å². The number of nitrogens with one attached hydrogen (secondary N) is 3. The number of carbonyl (C=O) groups is 2. The zero-order chi connectivity index (χ0) is 21.6. The van der Waals surface area contributed by atoms with E-state index in [-0.39, 0.29) is 10.1 Å². The molecular formula is C20H19N3O5S2. The standard InChI is InChI=1S/C20H19N3O5S2/c1-28-20(25)22-16-8-4-14(5-9-16)13-21-19(24)15-6-10-17(11-7-15)23-30(26,27)18-3-2-12-29-18/h2-12,23H,13H2,1H3,(H,21,24)(H,22,25). The molecule has 0 aliphatic rings. The Balaban J connectivity index is 1.55. The van der Waals surface area contributed by atoms with Crippen LogP contribution in [0.3, 0.4) is 0 Å². The summed E-state index contributed by atoms with van der Waals surface area (Å²) in [6, 6.07) is 16.3. The number of rotatable bonds is 7. The van der Waals surface area contributed by atoms with Gasteiger partial charge in [-0.15, -0.1) is 11.3 Å². The van der Waals surface area contributed by atoms with E-state index < -0.39 is 16.1 Å². The van der Waals surface area contributed by atoms with Crippen molar-refractivity contribution in [3.05, 3.63) is 77.2 Å². The summed E-state index contributed by atoms with van der Waals surface area (Å²) in [6.07, 6.45) is -0.558. The molecule has 0 unspecified atom stereocenters. The third kappa shape index (κ3) is 5.58. The van der Waals surface area contributed by atoms with E-state index in [9.17, 15) is 18.0 Å². The highest BCUT2D eigenvalue weighted by Gasteiger charge is 2.15. The number of amides is 2. The lowest BCUT2D eigenvalue weighted by molar-refractivity contribution is 0.0951. The predicted octanol–water partition coefficient (Wildman–Crippen LogP) is 3.66. The van der Waals surface area contributed by atoms with Gasteiger partial charge in [-0.1, -0.05) is 18.2 Å². The SMILES string of the molecule is COC(=O)Nc1ccc(CNC(=O)c2ccc(NS(=O)(=O)c3cccs3)cc2)cc1. The van der Waals surface area contributed by atoms with Crippen LogP contribution in [0.15, 0.2) is 70.3 Å². The lowest BCUT2D eigenvalue weighted by Gasteiger charge is -2.09. The summed E-state index contributed by atoms with van der Waals surface area (Å²) in [6.45, 7) is 0.296. The fourth-order valence-corrected chi connectivity index (χ4v) is 4.52. The van der Waals surface area contributed by atoms with Gasteiger partial charge >= 0.3 is 6.09 Å². The first kappa shape index (κ1) is 21.3. The highest BCUT2D eigenvalue weighted by atomic mass is 32.2. The van der Waals surface area contributed by atoms with Crippen LogP contribution in [0.1, 0.15) is 15.9 Å². The first-order valence-electron chi connectivity index (χ1n) is 8.76. The molecule has 8 nitrogen and oxygen atoms in total. The summed E-state index contributed by atoms with van der Waals surface area (Å²) in [5.74, 6) is -0.292. The van der Waals surface area contributed by atoms with Crippen LogP contribution in [0.2, 0.25) is 0 Å². The van der Waals surface area contributed by atoms with Gasteiger partial charge in [0.15, 0.2) is 0 Å². The topological polar surface area (TPSA) is 114 Å². The molecule has 0 saturated carbocycles. The second kappa shape index (κ2) is 9.42. The largest absolute Gasteiger partial charge is 0.453 e. The van der Waals surface area contributed by atoms with Crippen LogP contribution in [0.5, 0.6) is 0 Å². The van der Waals surface area contributed by atoms with Crippen molar-refractivity contribution in [3.63, 3.8) is 0 Å². The fraction of sp³-hybridized carbons (Fsp3) is 0.100. The average Bonchev–Trinajstić information content (AvgIpc) is 3.29. The summed E-state index contributed by atoms with van der Waals surface area (Å²) in [7, 11) is -2.35. The molecule has 0 spiro atoms. The molecule has 1 aromatic heterocycles. The Kier molecular flexibility index (Phi) is 6.70. The van der Waals surface area contributed by atoms with Crippen molar-refractivity contribution in [2.24, 2.45) is 0 Å². The van der Waals surface area contributed by atoms with Crippen molar-refractivity contribution in [2.75, 3.05) is 17.1 Å². The molecule has 3 rings (SSSR count). The van der Waals surface area contributed by atoms with Crippen LogP contribution in [-0.4, -0.2) is 27.5 Å². The van der Waals surface area contributed by atoms with Crippen molar-refractivity contribution in [1.29, 1.82) is 0 Å². The minimum Gasteiger partial charge on any atom is -0.453 e. The molecule has 2 amide bonds. The third-order valence-electron chi connectivity index (χ3n) is 4.00. The Morgan fingerprint density at radius 2 is 1.63 bits per heavy atom. The van der Waals surface area contributed by atoms with Gasteiger partial charge in [-0.3, -0.25) is 14.8 Å². The summed E-state index contributed by atoms with van der Waals surface area (Å²) in [5, 5.41) is 7.02. The quantitative estimate of drug-likeness (QED) is 0.514. The first-order chi connectivity index (χ1) is 14.4. The van der Waals surface area contributed by atoms with Crippen molar-refractivity contribution < 1.29 is 22.7 Å². The lowest BCUT2D eigenvalue weighted by Crippen LogP contribution is -2.22. The number of hydrogen-bond acceptors (Lipinski definition) is 6. The van der Waals surface area contributed by atoms with Crippen molar-refractivity contribution in [2.45, 2.75) is 10.8 Å². The number of carbonyl (C=O) groups excluding carboxylic acids is 2. The van der Waals surface area contributed by atoms with E-state index >= 15 is 0 Å². The van der Waals surface area contributed by atoms with E-state index in [1.165, 1.54) is 25.3 Å². The average molecular weight is 446 g/mol. The summed E-state index contributed by atoms with van der Waals surface area (Å²) >= 11 is 1.12. The van der Waals surface area contributed by atoms with E-state index in [1.54, 1.807) is 47.8 Å². The van der Waals surface area contributed by atoms with E-state index in [4.69, 9.17) is 0 Å². The summed E-state index contributed by atoms with van der Waals surface area (Å²) in [5.41, 5.74) is 2.20. The molecule has 1 heterocycles. The zero-order valence-corrected chi connectivity index (χ0v) is 17.5. The molecule has 0 fully saturated rings. The Morgan fingerprint density at radius 1 is 0.967 bits per heavy atom. The lowest BCUT2D eigenvalue weighted by atomic mass is 10.1. The molecule has 0 saturated heterocycles. The molecule has 0 aliphatic heterocycles. The van der Waals surface area contributed by atoms with Gasteiger partial charge in [0.25, 0.3) is 15.9 Å². The number of anilines is 2. The van der Waals surface area contributed by atoms with Crippen molar-refractivity contribution in [1.82, 2.24) is 5.32 Å². The van der Waals surface area contributed by atoms with Gasteiger partial charge in [-0.25, -0.2) is 13.2 Å². The van der Waals surface area contributed by atoms with Crippen LogP contribution in [0, 0.1) is 0 Å². The van der Waals surface area contributed by atoms with Gasteiger partial charge < -0.3 is 10.1 Å². The minimum atomic E-state index is -3.63. The molecular weight excluding hydrogens is 426 g/mol. The minimum absolute atomic E-state index is 0.220. The number of ether oxygens (including phenoxy) is 1. The molecule has 3 aromatic rings. The molecule has 0 radical (unpaired) electrons. The van der Waals surface area contributed by atoms with E-state index in [2.05, 4.69) is 20.1 Å². The van der Waals surface area contributed by atoms with Crippen molar-refractivity contribution in [3.8, 4) is 0 Å². The zero-order valence-electron chi connectivity index (χ0n) is 15.9. The van der Waals surface area contributed by atoms with Crippen LogP contribution < -0.4 is 15.4 Å². The Labute approximate surface area is 177 Å². The van der Waals surface area contributed by atoms with Crippen molar-refractivity contribution >= 4 is 44.7 Å². The van der Waals surface area contributed by atoms with Gasteiger partial charge in [0, 0.05) is 23.5 Å². The third-order valence-corrected chi connectivity index (χ3v) is 6.78. The molecule has 156 valence electrons. The number of thiophene rings is 1. The monoisotopic (exact) mass is 445 g/mol. The second-order valence-corrected chi connectivity index (χ2v) is 8.97. The van der Waals surface area contributed by atoms with E-state index in [0.29, 0.717) is 23.5 Å². The van der Waals surface area contributed by atoms with Gasteiger partial charge in [0.2, 0.25) is 0 Å². The number of sulfonamides is 1. The smallest absolute Gasteiger partial charge is 0.411 e. The maximum absolute atomic E-state index is 12.3. The second-order valence-electron chi connectivity index (χ2n) is 6.11. The molecule has 0 aliphatic carbocycles. The Hall–Kier alpha value is -3.37.